The zero-order chi connectivity index (χ0) is 13.5. The molecule has 1 aliphatic carbocycles. The van der Waals surface area contributed by atoms with Gasteiger partial charge in [0, 0.05) is 5.38 Å². The monoisotopic (exact) mass is 278 g/mol. The van der Waals surface area contributed by atoms with Gasteiger partial charge in [0.05, 0.1) is 16.7 Å². The van der Waals surface area contributed by atoms with E-state index in [2.05, 4.69) is 30.6 Å². The fourth-order valence-corrected chi connectivity index (χ4v) is 3.34. The number of nitrogens with zero attached hydrogens (tertiary/aromatic N) is 1. The smallest absolute Gasteiger partial charge is 0.0898 e. The van der Waals surface area contributed by atoms with Gasteiger partial charge in [0.2, 0.25) is 0 Å². The maximum atomic E-state index is 4.71. The Morgan fingerprint density at radius 1 is 1.32 bits per heavy atom. The number of rotatable bonds is 5. The summed E-state index contributed by atoms with van der Waals surface area (Å²) in [5, 5.41) is 7.09. The van der Waals surface area contributed by atoms with Crippen molar-refractivity contribution in [3.05, 3.63) is 27.7 Å². The molecule has 19 heavy (non-hydrogen) atoms. The Kier molecular flexibility index (Phi) is 6.05. The molecule has 1 aromatic rings. The maximum absolute atomic E-state index is 4.71. The summed E-state index contributed by atoms with van der Waals surface area (Å²) in [5.74, 6) is 0. The molecule has 0 fully saturated rings. The molecule has 1 N–H and O–H groups in total. The summed E-state index contributed by atoms with van der Waals surface area (Å²) >= 11 is 1.76. The number of thiazole rings is 1. The summed E-state index contributed by atoms with van der Waals surface area (Å²) in [6.07, 6.45) is 11.6. The van der Waals surface area contributed by atoms with Crippen molar-refractivity contribution in [2.45, 2.75) is 64.8 Å². The first-order valence-corrected chi connectivity index (χ1v) is 8.53. The minimum Gasteiger partial charge on any atom is -0.305 e. The largest absolute Gasteiger partial charge is 0.305 e. The molecule has 1 atom stereocenters. The number of aromatic nitrogens is 1. The van der Waals surface area contributed by atoms with E-state index in [4.69, 9.17) is 4.98 Å². The highest BCUT2D eigenvalue weighted by molar-refractivity contribution is 7.09. The number of allylic oxidation sites excluding steroid dienone is 1. The summed E-state index contributed by atoms with van der Waals surface area (Å²) < 4.78 is 0. The molecule has 0 saturated heterocycles. The Labute approximate surface area is 121 Å². The van der Waals surface area contributed by atoms with Gasteiger partial charge in [-0.15, -0.1) is 11.3 Å². The predicted octanol–water partition coefficient (Wildman–Crippen LogP) is 4.77. The number of hydrogen-bond donors (Lipinski definition) is 1. The van der Waals surface area contributed by atoms with E-state index in [0.717, 1.165) is 6.54 Å². The summed E-state index contributed by atoms with van der Waals surface area (Å²) in [4.78, 5) is 4.71. The van der Waals surface area contributed by atoms with E-state index >= 15 is 0 Å². The highest BCUT2D eigenvalue weighted by Gasteiger charge is 2.18. The number of hydrogen-bond acceptors (Lipinski definition) is 3. The van der Waals surface area contributed by atoms with Crippen LogP contribution in [0.25, 0.3) is 0 Å². The topological polar surface area (TPSA) is 24.9 Å². The zero-order valence-electron chi connectivity index (χ0n) is 12.2. The van der Waals surface area contributed by atoms with Gasteiger partial charge in [0.1, 0.15) is 0 Å². The second-order valence-corrected chi connectivity index (χ2v) is 6.47. The van der Waals surface area contributed by atoms with Crippen LogP contribution in [0.2, 0.25) is 0 Å². The van der Waals surface area contributed by atoms with Crippen molar-refractivity contribution in [3.8, 4) is 0 Å². The molecular weight excluding hydrogens is 252 g/mol. The van der Waals surface area contributed by atoms with Crippen molar-refractivity contribution in [2.75, 3.05) is 6.54 Å². The third kappa shape index (κ3) is 4.43. The van der Waals surface area contributed by atoms with E-state index in [9.17, 15) is 0 Å². The first-order chi connectivity index (χ1) is 9.31. The lowest BCUT2D eigenvalue weighted by Gasteiger charge is -2.22. The van der Waals surface area contributed by atoms with Crippen LogP contribution in [-0.4, -0.2) is 11.5 Å². The molecular formula is C16H26N2S. The molecule has 106 valence electrons. The van der Waals surface area contributed by atoms with E-state index in [-0.39, 0.29) is 0 Å². The zero-order valence-corrected chi connectivity index (χ0v) is 13.1. The molecule has 0 aromatic carbocycles. The van der Waals surface area contributed by atoms with Crippen LogP contribution >= 0.6 is 11.3 Å². The van der Waals surface area contributed by atoms with E-state index < -0.39 is 0 Å². The minimum atomic E-state index is 0.350. The second-order valence-electron chi connectivity index (χ2n) is 5.41. The van der Waals surface area contributed by atoms with Gasteiger partial charge < -0.3 is 5.32 Å². The van der Waals surface area contributed by atoms with Crippen LogP contribution in [0.15, 0.2) is 17.0 Å². The molecule has 1 heterocycles. The van der Waals surface area contributed by atoms with Crippen molar-refractivity contribution in [3.63, 3.8) is 0 Å². The maximum Gasteiger partial charge on any atom is 0.0898 e. The van der Waals surface area contributed by atoms with Crippen LogP contribution < -0.4 is 5.32 Å². The Bertz CT molecular complexity index is 409. The average molecular weight is 278 g/mol. The molecule has 0 bridgehead atoms. The molecule has 3 heteroatoms. The molecule has 2 nitrogen and oxygen atoms in total. The van der Waals surface area contributed by atoms with E-state index in [1.165, 1.54) is 55.6 Å². The molecule has 1 aromatic heterocycles. The standard InChI is InChI=1S/C16H26N2S/c1-3-11-17-16(15-12-19-13(2)18-15)14-9-7-5-4-6-8-10-14/h9,12,16-17H,3-8,10-11H2,1-2H3. The molecule has 0 aliphatic heterocycles. The van der Waals surface area contributed by atoms with Gasteiger partial charge in [-0.25, -0.2) is 4.98 Å². The molecule has 1 unspecified atom stereocenters. The van der Waals surface area contributed by atoms with Gasteiger partial charge in [-0.05, 0) is 45.6 Å². The van der Waals surface area contributed by atoms with Crippen LogP contribution in [0.5, 0.6) is 0 Å². The van der Waals surface area contributed by atoms with Gasteiger partial charge in [0.25, 0.3) is 0 Å². The van der Waals surface area contributed by atoms with Gasteiger partial charge in [0.15, 0.2) is 0 Å². The lowest BCUT2D eigenvalue weighted by atomic mass is 9.93. The number of aryl methyl sites for hydroxylation is 1. The fourth-order valence-electron chi connectivity index (χ4n) is 2.71. The Morgan fingerprint density at radius 2 is 2.16 bits per heavy atom. The van der Waals surface area contributed by atoms with Crippen molar-refractivity contribution < 1.29 is 0 Å². The van der Waals surface area contributed by atoms with E-state index in [1.807, 2.05) is 0 Å². The quantitative estimate of drug-likeness (QED) is 0.785. The van der Waals surface area contributed by atoms with Crippen LogP contribution in [-0.2, 0) is 0 Å². The van der Waals surface area contributed by atoms with Gasteiger partial charge in [-0.3, -0.25) is 0 Å². The Hall–Kier alpha value is -0.670. The highest BCUT2D eigenvalue weighted by Crippen LogP contribution is 2.29. The third-order valence-corrected chi connectivity index (χ3v) is 4.52. The molecule has 2 rings (SSSR count). The van der Waals surface area contributed by atoms with Crippen molar-refractivity contribution in [1.29, 1.82) is 0 Å². The minimum absolute atomic E-state index is 0.350. The van der Waals surface area contributed by atoms with Crippen LogP contribution in [0.4, 0.5) is 0 Å². The average Bonchev–Trinajstić information content (AvgIpc) is 2.78. The molecule has 0 amide bonds. The van der Waals surface area contributed by atoms with Crippen LogP contribution in [0.1, 0.15) is 68.6 Å². The summed E-state index contributed by atoms with van der Waals surface area (Å²) in [6.45, 7) is 5.39. The summed E-state index contributed by atoms with van der Waals surface area (Å²) in [7, 11) is 0. The normalized spacial score (nSPS) is 18.5. The SMILES string of the molecule is CCCNC(C1=CCCCCCC1)c1csc(C)n1. The van der Waals surface area contributed by atoms with Crippen LogP contribution in [0, 0.1) is 6.92 Å². The van der Waals surface area contributed by atoms with E-state index in [0.29, 0.717) is 6.04 Å². The van der Waals surface area contributed by atoms with Crippen molar-refractivity contribution in [2.24, 2.45) is 0 Å². The van der Waals surface area contributed by atoms with E-state index in [1.54, 1.807) is 16.9 Å². The van der Waals surface area contributed by atoms with Crippen LogP contribution in [0.3, 0.4) is 0 Å². The molecule has 1 aliphatic rings. The molecule has 0 spiro atoms. The molecule has 0 radical (unpaired) electrons. The molecule has 0 saturated carbocycles. The predicted molar refractivity (Wildman–Crippen MR) is 83.7 cm³/mol. The van der Waals surface area contributed by atoms with Gasteiger partial charge >= 0.3 is 0 Å². The summed E-state index contributed by atoms with van der Waals surface area (Å²) in [5.41, 5.74) is 2.79. The first-order valence-electron chi connectivity index (χ1n) is 7.65. The van der Waals surface area contributed by atoms with Gasteiger partial charge in [-0.2, -0.15) is 0 Å². The van der Waals surface area contributed by atoms with Crippen molar-refractivity contribution in [1.82, 2.24) is 10.3 Å². The fraction of sp³-hybridized carbons (Fsp3) is 0.688. The van der Waals surface area contributed by atoms with Gasteiger partial charge in [-0.1, -0.05) is 31.4 Å². The number of nitrogens with one attached hydrogen (secondary N) is 1. The first kappa shape index (κ1) is 14.7. The highest BCUT2D eigenvalue weighted by atomic mass is 32.1. The third-order valence-electron chi connectivity index (χ3n) is 3.73. The Balaban J connectivity index is 2.15. The van der Waals surface area contributed by atoms with Crippen molar-refractivity contribution >= 4 is 11.3 Å². The lowest BCUT2D eigenvalue weighted by molar-refractivity contribution is 0.534. The Morgan fingerprint density at radius 3 is 2.89 bits per heavy atom. The summed E-state index contributed by atoms with van der Waals surface area (Å²) in [6, 6.07) is 0.350. The lowest BCUT2D eigenvalue weighted by Crippen LogP contribution is -2.24. The second kappa shape index (κ2) is 7.81.